The lowest BCUT2D eigenvalue weighted by atomic mass is 9.66. The van der Waals surface area contributed by atoms with Gasteiger partial charge in [0.25, 0.3) is 0 Å². The van der Waals surface area contributed by atoms with Gasteiger partial charge in [-0.2, -0.15) is 0 Å². The number of para-hydroxylation sites is 4. The molecule has 1 heterocycles. The van der Waals surface area contributed by atoms with Crippen molar-refractivity contribution in [1.29, 1.82) is 0 Å². The smallest absolute Gasteiger partial charge is 0.0725 e. The molecule has 0 bridgehead atoms. The van der Waals surface area contributed by atoms with E-state index in [1.54, 1.807) is 0 Å². The zero-order valence-corrected chi connectivity index (χ0v) is 34.5. The van der Waals surface area contributed by atoms with Crippen LogP contribution in [0.25, 0.3) is 55.6 Å². The van der Waals surface area contributed by atoms with Crippen molar-refractivity contribution in [3.05, 3.63) is 265 Å². The summed E-state index contributed by atoms with van der Waals surface area (Å²) in [7, 11) is 0. The summed E-state index contributed by atoms with van der Waals surface area (Å²) in [6.45, 7) is 0. The van der Waals surface area contributed by atoms with Crippen LogP contribution in [0.3, 0.4) is 0 Å². The van der Waals surface area contributed by atoms with E-state index in [0.29, 0.717) is 0 Å². The maximum absolute atomic E-state index is 2.46. The molecule has 2 aliphatic carbocycles. The standard InChI is InChI=1S/C61H40N2/c1-3-19-41(20-4-1)62(43-35-37-47-51-28-12-17-33-59(51)63(42-21-5-2-6-22-42)60-34-18-13-29-52(60)53(47)39-43)44-36-38-58-54(40-44)46-24-8-7-23-45(46)48-25-9-14-30-55(48)61(58)56-31-15-10-26-49(56)50-27-11-16-32-57(50)61/h1-40H. The minimum atomic E-state index is -0.528. The first kappa shape index (κ1) is 35.5. The number of nitrogens with zero attached hydrogens (tertiary/aromatic N) is 2. The normalized spacial score (nSPS) is 13.2. The first-order chi connectivity index (χ1) is 31.3. The molecule has 2 nitrogen and oxygen atoms in total. The number of benzene rings is 10. The number of fused-ring (bicyclic) bond motifs is 17. The van der Waals surface area contributed by atoms with Gasteiger partial charge in [-0.3, -0.25) is 0 Å². The third-order valence-electron chi connectivity index (χ3n) is 13.6. The molecule has 63 heavy (non-hydrogen) atoms. The van der Waals surface area contributed by atoms with Crippen LogP contribution >= 0.6 is 0 Å². The van der Waals surface area contributed by atoms with Crippen LogP contribution in [0.5, 0.6) is 0 Å². The van der Waals surface area contributed by atoms with Crippen molar-refractivity contribution in [2.75, 3.05) is 9.80 Å². The van der Waals surface area contributed by atoms with Gasteiger partial charge in [-0.15, -0.1) is 0 Å². The Morgan fingerprint density at radius 1 is 0.254 bits per heavy atom. The van der Waals surface area contributed by atoms with Gasteiger partial charge < -0.3 is 9.80 Å². The average molecular weight is 801 g/mol. The lowest BCUT2D eigenvalue weighted by Gasteiger charge is -2.36. The first-order valence-electron chi connectivity index (χ1n) is 21.9. The summed E-state index contributed by atoms with van der Waals surface area (Å²) in [6.07, 6.45) is 0. The fourth-order valence-corrected chi connectivity index (χ4v) is 11.1. The van der Waals surface area contributed by atoms with Crippen LogP contribution in [0.1, 0.15) is 22.3 Å². The van der Waals surface area contributed by atoms with E-state index >= 15 is 0 Å². The Labute approximate surface area is 368 Å². The van der Waals surface area contributed by atoms with E-state index in [4.69, 9.17) is 0 Å². The van der Waals surface area contributed by atoms with E-state index in [-0.39, 0.29) is 0 Å². The molecule has 0 N–H and O–H groups in total. The molecule has 0 unspecified atom stereocenters. The minimum Gasteiger partial charge on any atom is -0.310 e. The van der Waals surface area contributed by atoms with Crippen LogP contribution in [-0.2, 0) is 5.41 Å². The summed E-state index contributed by atoms with van der Waals surface area (Å²) in [5.41, 5.74) is 23.9. The molecule has 1 aliphatic heterocycles. The molecule has 3 aliphatic rings. The van der Waals surface area contributed by atoms with Crippen molar-refractivity contribution in [2.24, 2.45) is 0 Å². The van der Waals surface area contributed by atoms with Gasteiger partial charge in [0.15, 0.2) is 0 Å². The van der Waals surface area contributed by atoms with E-state index < -0.39 is 5.41 Å². The van der Waals surface area contributed by atoms with E-state index in [2.05, 4.69) is 252 Å². The zero-order chi connectivity index (χ0) is 41.5. The molecule has 0 fully saturated rings. The Bertz CT molecular complexity index is 3380. The van der Waals surface area contributed by atoms with Gasteiger partial charge in [0.1, 0.15) is 0 Å². The van der Waals surface area contributed by atoms with Gasteiger partial charge >= 0.3 is 0 Å². The molecule has 0 amide bonds. The molecule has 294 valence electrons. The van der Waals surface area contributed by atoms with E-state index in [9.17, 15) is 0 Å². The molecule has 0 radical (unpaired) electrons. The number of rotatable bonds is 4. The van der Waals surface area contributed by atoms with Gasteiger partial charge in [-0.05, 0) is 127 Å². The molecule has 10 aromatic carbocycles. The van der Waals surface area contributed by atoms with Crippen molar-refractivity contribution >= 4 is 34.1 Å². The van der Waals surface area contributed by atoms with Crippen molar-refractivity contribution in [3.63, 3.8) is 0 Å². The van der Waals surface area contributed by atoms with E-state index in [0.717, 1.165) is 34.1 Å². The van der Waals surface area contributed by atoms with Crippen LogP contribution in [0.4, 0.5) is 34.1 Å². The SMILES string of the molecule is c1ccc(N(c2ccc3c(c2)-c2ccccc2N(c2ccccc2)c2ccccc2-3)c2ccc3c(c2)-c2ccccc2-c2ccccc2C32c3ccccc3-c3ccccc32)cc1. The molecule has 13 rings (SSSR count). The highest BCUT2D eigenvalue weighted by atomic mass is 15.2. The van der Waals surface area contributed by atoms with Crippen molar-refractivity contribution in [3.8, 4) is 55.6 Å². The summed E-state index contributed by atoms with van der Waals surface area (Å²) in [5, 5.41) is 0. The molecule has 0 aromatic heterocycles. The van der Waals surface area contributed by atoms with Crippen LogP contribution < -0.4 is 9.80 Å². The predicted octanol–water partition coefficient (Wildman–Crippen LogP) is 16.3. The van der Waals surface area contributed by atoms with E-state index in [1.165, 1.54) is 77.9 Å². The molecule has 10 aromatic rings. The number of hydrogen-bond donors (Lipinski definition) is 0. The Morgan fingerprint density at radius 3 is 1.22 bits per heavy atom. The van der Waals surface area contributed by atoms with Gasteiger partial charge in [0.05, 0.1) is 16.8 Å². The molecular weight excluding hydrogens is 761 g/mol. The second-order valence-corrected chi connectivity index (χ2v) is 16.8. The van der Waals surface area contributed by atoms with Crippen LogP contribution in [-0.4, -0.2) is 0 Å². The maximum Gasteiger partial charge on any atom is 0.0725 e. The highest BCUT2D eigenvalue weighted by Gasteiger charge is 2.49. The predicted molar refractivity (Wildman–Crippen MR) is 262 cm³/mol. The first-order valence-corrected chi connectivity index (χ1v) is 21.9. The van der Waals surface area contributed by atoms with Crippen molar-refractivity contribution < 1.29 is 0 Å². The Morgan fingerprint density at radius 2 is 0.635 bits per heavy atom. The van der Waals surface area contributed by atoms with Gasteiger partial charge in [0, 0.05) is 33.9 Å². The van der Waals surface area contributed by atoms with Crippen molar-refractivity contribution in [2.45, 2.75) is 5.41 Å². The molecule has 0 atom stereocenters. The lowest BCUT2D eigenvalue weighted by molar-refractivity contribution is 0.775. The summed E-state index contributed by atoms with van der Waals surface area (Å²) >= 11 is 0. The molecular formula is C61H40N2. The maximum atomic E-state index is 2.46. The van der Waals surface area contributed by atoms with Gasteiger partial charge in [-0.25, -0.2) is 0 Å². The second-order valence-electron chi connectivity index (χ2n) is 16.8. The molecule has 0 saturated heterocycles. The summed E-state index contributed by atoms with van der Waals surface area (Å²) < 4.78 is 0. The summed E-state index contributed by atoms with van der Waals surface area (Å²) in [6, 6.07) is 89.9. The fourth-order valence-electron chi connectivity index (χ4n) is 11.1. The van der Waals surface area contributed by atoms with E-state index in [1.807, 2.05) is 0 Å². The Balaban J connectivity index is 1.07. The lowest BCUT2D eigenvalue weighted by Crippen LogP contribution is -2.29. The highest BCUT2D eigenvalue weighted by molar-refractivity contribution is 6.04. The minimum absolute atomic E-state index is 0.528. The largest absolute Gasteiger partial charge is 0.310 e. The topological polar surface area (TPSA) is 6.48 Å². The zero-order valence-electron chi connectivity index (χ0n) is 34.5. The van der Waals surface area contributed by atoms with Crippen LogP contribution in [0, 0.1) is 0 Å². The Hall–Kier alpha value is -8.20. The molecule has 2 heteroatoms. The Kier molecular flexibility index (Phi) is 7.85. The number of hydrogen-bond acceptors (Lipinski definition) is 2. The van der Waals surface area contributed by atoms with Crippen LogP contribution in [0.2, 0.25) is 0 Å². The summed E-state index contributed by atoms with van der Waals surface area (Å²) in [4.78, 5) is 4.86. The van der Waals surface area contributed by atoms with Gasteiger partial charge in [-0.1, -0.05) is 182 Å². The van der Waals surface area contributed by atoms with Gasteiger partial charge in [0.2, 0.25) is 0 Å². The fraction of sp³-hybridized carbons (Fsp3) is 0.0164. The molecule has 0 saturated carbocycles. The monoisotopic (exact) mass is 800 g/mol. The summed E-state index contributed by atoms with van der Waals surface area (Å²) in [5.74, 6) is 0. The average Bonchev–Trinajstić information content (AvgIpc) is 3.52. The van der Waals surface area contributed by atoms with Crippen LogP contribution in [0.15, 0.2) is 243 Å². The highest BCUT2D eigenvalue weighted by Crippen LogP contribution is 2.62. The second kappa shape index (κ2) is 13.9. The third-order valence-corrected chi connectivity index (χ3v) is 13.6. The third kappa shape index (κ3) is 5.13. The number of anilines is 6. The van der Waals surface area contributed by atoms with Crippen molar-refractivity contribution in [1.82, 2.24) is 0 Å². The quantitative estimate of drug-likeness (QED) is 0.175. The molecule has 1 spiro atoms.